The number of fused-ring (bicyclic) bond motifs is 1. The van der Waals surface area contributed by atoms with Crippen LogP contribution in [0.3, 0.4) is 0 Å². The Bertz CT molecular complexity index is 626. The van der Waals surface area contributed by atoms with E-state index in [9.17, 15) is 9.59 Å². The summed E-state index contributed by atoms with van der Waals surface area (Å²) >= 11 is 0. The second-order valence-electron chi connectivity index (χ2n) is 4.90. The quantitative estimate of drug-likeness (QED) is 0.765. The Hall–Kier alpha value is -2.22. The number of Topliss-reactive ketones (excluding diaryl/α,β-unsaturated/α-hetero) is 1. The van der Waals surface area contributed by atoms with Crippen LogP contribution in [-0.2, 0) is 6.42 Å². The molecule has 2 aromatic rings. The van der Waals surface area contributed by atoms with Crippen LogP contribution in [0, 0.1) is 0 Å². The van der Waals surface area contributed by atoms with Crippen molar-refractivity contribution in [3.05, 3.63) is 70.8 Å². The highest BCUT2D eigenvalue weighted by molar-refractivity contribution is 6.03. The molecule has 1 atom stereocenters. The van der Waals surface area contributed by atoms with Crippen LogP contribution in [0.5, 0.6) is 0 Å². The monoisotopic (exact) mass is 250 g/mol. The summed E-state index contributed by atoms with van der Waals surface area (Å²) in [5, 5.41) is 0. The van der Waals surface area contributed by atoms with E-state index >= 15 is 0 Å². The van der Waals surface area contributed by atoms with Crippen LogP contribution in [0.25, 0.3) is 0 Å². The van der Waals surface area contributed by atoms with Crippen molar-refractivity contribution in [2.75, 3.05) is 0 Å². The van der Waals surface area contributed by atoms with Gasteiger partial charge in [0.25, 0.3) is 0 Å². The zero-order valence-electron chi connectivity index (χ0n) is 10.5. The Morgan fingerprint density at radius 2 is 1.74 bits per heavy atom. The van der Waals surface area contributed by atoms with E-state index in [-0.39, 0.29) is 11.7 Å². The van der Waals surface area contributed by atoms with Crippen LogP contribution in [0.4, 0.5) is 0 Å². The zero-order valence-corrected chi connectivity index (χ0v) is 10.5. The molecule has 1 aliphatic rings. The fraction of sp³-hybridized carbons (Fsp3) is 0.176. The third-order valence-electron chi connectivity index (χ3n) is 3.78. The highest BCUT2D eigenvalue weighted by Gasteiger charge is 2.27. The van der Waals surface area contributed by atoms with E-state index in [1.165, 1.54) is 0 Å². The Morgan fingerprint density at radius 3 is 2.47 bits per heavy atom. The molecule has 2 heteroatoms. The number of hydrogen-bond donors (Lipinski definition) is 0. The number of ketones is 1. The lowest BCUT2D eigenvalue weighted by Gasteiger charge is -2.23. The molecule has 19 heavy (non-hydrogen) atoms. The van der Waals surface area contributed by atoms with Gasteiger partial charge >= 0.3 is 0 Å². The maximum absolute atomic E-state index is 12.5. The van der Waals surface area contributed by atoms with Gasteiger partial charge in [-0.1, -0.05) is 48.5 Å². The molecule has 0 spiro atoms. The minimum atomic E-state index is -0.0735. The predicted octanol–water partition coefficient (Wildman–Crippen LogP) is 3.41. The lowest BCUT2D eigenvalue weighted by atomic mass is 9.79. The number of carbonyl (C=O) groups is 2. The predicted molar refractivity (Wildman–Crippen MR) is 73.7 cm³/mol. The van der Waals surface area contributed by atoms with Gasteiger partial charge in [0.1, 0.15) is 6.29 Å². The molecule has 0 aromatic heterocycles. The van der Waals surface area contributed by atoms with Gasteiger partial charge in [-0.2, -0.15) is 0 Å². The van der Waals surface area contributed by atoms with Crippen LogP contribution in [-0.4, -0.2) is 12.1 Å². The summed E-state index contributed by atoms with van der Waals surface area (Å²) in [6.07, 6.45) is 2.60. The van der Waals surface area contributed by atoms with Crippen molar-refractivity contribution in [3.63, 3.8) is 0 Å². The molecule has 0 bridgehead atoms. The van der Waals surface area contributed by atoms with Gasteiger partial charge in [0.05, 0.1) is 0 Å². The number of rotatable bonds is 2. The van der Waals surface area contributed by atoms with Crippen molar-refractivity contribution < 1.29 is 9.59 Å². The van der Waals surface area contributed by atoms with Crippen LogP contribution in [0.15, 0.2) is 48.5 Å². The van der Waals surface area contributed by atoms with Gasteiger partial charge in [-0.3, -0.25) is 9.59 Å². The molecule has 0 amide bonds. The molecule has 0 saturated heterocycles. The van der Waals surface area contributed by atoms with Gasteiger partial charge in [0.2, 0.25) is 0 Å². The highest BCUT2D eigenvalue weighted by Crippen LogP contribution is 2.32. The van der Waals surface area contributed by atoms with Crippen molar-refractivity contribution in [3.8, 4) is 0 Å². The van der Waals surface area contributed by atoms with Crippen molar-refractivity contribution >= 4 is 12.1 Å². The van der Waals surface area contributed by atoms with Gasteiger partial charge in [0.15, 0.2) is 5.78 Å². The number of benzene rings is 2. The summed E-state index contributed by atoms with van der Waals surface area (Å²) in [7, 11) is 0. The zero-order chi connectivity index (χ0) is 13.2. The smallest absolute Gasteiger partial charge is 0.170 e. The minimum absolute atomic E-state index is 0.0735. The second kappa shape index (κ2) is 4.81. The van der Waals surface area contributed by atoms with Crippen molar-refractivity contribution in [1.29, 1.82) is 0 Å². The fourth-order valence-corrected chi connectivity index (χ4v) is 2.72. The fourth-order valence-electron chi connectivity index (χ4n) is 2.72. The average Bonchev–Trinajstić information content (AvgIpc) is 2.48. The van der Waals surface area contributed by atoms with Crippen molar-refractivity contribution in [2.24, 2.45) is 0 Å². The minimum Gasteiger partial charge on any atom is -0.298 e. The first-order chi connectivity index (χ1) is 9.29. The molecule has 0 N–H and O–H groups in total. The molecule has 2 aromatic carbocycles. The summed E-state index contributed by atoms with van der Waals surface area (Å²) in [6, 6.07) is 15.1. The van der Waals surface area contributed by atoms with E-state index in [4.69, 9.17) is 0 Å². The van der Waals surface area contributed by atoms with Crippen LogP contribution < -0.4 is 0 Å². The second-order valence-corrected chi connectivity index (χ2v) is 4.90. The van der Waals surface area contributed by atoms with E-state index in [2.05, 4.69) is 0 Å². The van der Waals surface area contributed by atoms with Crippen LogP contribution in [0.1, 0.15) is 44.2 Å². The molecular weight excluding hydrogens is 236 g/mol. The molecule has 2 nitrogen and oxygen atoms in total. The molecule has 0 heterocycles. The molecule has 0 saturated carbocycles. The standard InChI is InChI=1S/C17H14O2/c18-11-12-5-7-14(8-6-12)16-10-9-13-3-1-2-4-15(13)17(16)19/h1-8,11,16H,9-10H2. The van der Waals surface area contributed by atoms with Crippen LogP contribution in [0.2, 0.25) is 0 Å². The molecule has 1 unspecified atom stereocenters. The van der Waals surface area contributed by atoms with Gasteiger partial charge in [-0.25, -0.2) is 0 Å². The number of aryl methyl sites for hydroxylation is 1. The lowest BCUT2D eigenvalue weighted by molar-refractivity contribution is 0.0946. The first-order valence-corrected chi connectivity index (χ1v) is 6.47. The van der Waals surface area contributed by atoms with Gasteiger partial charge in [-0.05, 0) is 24.0 Å². The molecule has 3 rings (SSSR count). The molecule has 0 aliphatic heterocycles. The summed E-state index contributed by atoms with van der Waals surface area (Å²) in [4.78, 5) is 23.2. The Kier molecular flexibility index (Phi) is 3.00. The normalized spacial score (nSPS) is 17.9. The Morgan fingerprint density at radius 1 is 1.00 bits per heavy atom. The third-order valence-corrected chi connectivity index (χ3v) is 3.78. The molecule has 1 aliphatic carbocycles. The van der Waals surface area contributed by atoms with E-state index in [0.717, 1.165) is 35.8 Å². The maximum Gasteiger partial charge on any atom is 0.170 e. The topological polar surface area (TPSA) is 34.1 Å². The highest BCUT2D eigenvalue weighted by atomic mass is 16.1. The first kappa shape index (κ1) is 11.8. The number of carbonyl (C=O) groups excluding carboxylic acids is 2. The summed E-state index contributed by atoms with van der Waals surface area (Å²) in [6.45, 7) is 0. The first-order valence-electron chi connectivity index (χ1n) is 6.47. The van der Waals surface area contributed by atoms with Crippen molar-refractivity contribution in [2.45, 2.75) is 18.8 Å². The van der Waals surface area contributed by atoms with E-state index in [1.54, 1.807) is 12.1 Å². The molecule has 0 radical (unpaired) electrons. The van der Waals surface area contributed by atoms with Gasteiger partial charge in [0, 0.05) is 17.0 Å². The summed E-state index contributed by atoms with van der Waals surface area (Å²) in [5.41, 5.74) is 3.64. The largest absolute Gasteiger partial charge is 0.298 e. The van der Waals surface area contributed by atoms with Gasteiger partial charge < -0.3 is 0 Å². The van der Waals surface area contributed by atoms with Crippen LogP contribution >= 0.6 is 0 Å². The van der Waals surface area contributed by atoms with E-state index < -0.39 is 0 Å². The Labute approximate surface area is 112 Å². The molecule has 94 valence electrons. The maximum atomic E-state index is 12.5. The molecule has 0 fully saturated rings. The Balaban J connectivity index is 1.95. The SMILES string of the molecule is O=Cc1ccc(C2CCc3ccccc3C2=O)cc1. The number of hydrogen-bond acceptors (Lipinski definition) is 2. The number of aldehydes is 1. The van der Waals surface area contributed by atoms with Crippen molar-refractivity contribution in [1.82, 2.24) is 0 Å². The summed E-state index contributed by atoms with van der Waals surface area (Å²) in [5.74, 6) is 0.122. The summed E-state index contributed by atoms with van der Waals surface area (Å²) < 4.78 is 0. The molecular formula is C17H14O2. The van der Waals surface area contributed by atoms with E-state index in [1.807, 2.05) is 36.4 Å². The average molecular weight is 250 g/mol. The van der Waals surface area contributed by atoms with E-state index in [0.29, 0.717) is 5.56 Å². The third kappa shape index (κ3) is 2.10. The van der Waals surface area contributed by atoms with Gasteiger partial charge in [-0.15, -0.1) is 0 Å². The lowest BCUT2D eigenvalue weighted by Crippen LogP contribution is -2.20.